The number of aromatic nitrogens is 6. The highest BCUT2D eigenvalue weighted by molar-refractivity contribution is 5.86. The lowest BCUT2D eigenvalue weighted by molar-refractivity contribution is -0.140. The Morgan fingerprint density at radius 3 is 2.57 bits per heavy atom. The summed E-state index contributed by atoms with van der Waals surface area (Å²) in [6.07, 6.45) is 0.613. The number of anilines is 1. The summed E-state index contributed by atoms with van der Waals surface area (Å²) in [6.45, 7) is 0.932. The third-order valence-corrected chi connectivity index (χ3v) is 7.15. The number of nitrogens with zero attached hydrogens (tertiary/aromatic N) is 6. The van der Waals surface area contributed by atoms with Crippen molar-refractivity contribution < 1.29 is 27.0 Å². The van der Waals surface area contributed by atoms with Gasteiger partial charge in [0.25, 0.3) is 0 Å². The fraction of sp³-hybridized carbons (Fsp3) is 0.310. The Morgan fingerprint density at radius 2 is 1.88 bits per heavy atom. The van der Waals surface area contributed by atoms with Gasteiger partial charge in [0.1, 0.15) is 23.6 Å². The summed E-state index contributed by atoms with van der Waals surface area (Å²) >= 11 is 0. The average molecular weight is 582 g/mol. The Bertz CT molecular complexity index is 1720. The van der Waals surface area contributed by atoms with Gasteiger partial charge in [-0.15, -0.1) is 0 Å². The minimum absolute atomic E-state index is 0.125. The number of hydrogen-bond acceptors (Lipinski definition) is 7. The molecular weight excluding hydrogens is 554 g/mol. The lowest BCUT2D eigenvalue weighted by Gasteiger charge is -2.24. The number of ether oxygens (including phenoxy) is 2. The molecule has 0 amide bonds. The Balaban J connectivity index is 1.33. The van der Waals surface area contributed by atoms with Gasteiger partial charge in [-0.2, -0.15) is 13.2 Å². The summed E-state index contributed by atoms with van der Waals surface area (Å²) in [5.41, 5.74) is 1.54. The van der Waals surface area contributed by atoms with E-state index in [4.69, 9.17) is 14.5 Å². The van der Waals surface area contributed by atoms with Gasteiger partial charge in [-0.05, 0) is 37.0 Å². The minimum Gasteiger partial charge on any atom is -0.496 e. The van der Waals surface area contributed by atoms with Gasteiger partial charge in [0.15, 0.2) is 28.5 Å². The summed E-state index contributed by atoms with van der Waals surface area (Å²) < 4.78 is 68.9. The maximum absolute atomic E-state index is 15.1. The van der Waals surface area contributed by atoms with E-state index in [1.165, 1.54) is 24.8 Å². The van der Waals surface area contributed by atoms with Crippen molar-refractivity contribution in [2.75, 3.05) is 19.0 Å². The first-order chi connectivity index (χ1) is 20.2. The Kier molecular flexibility index (Phi) is 7.27. The van der Waals surface area contributed by atoms with Crippen LogP contribution in [0.1, 0.15) is 36.7 Å². The molecule has 6 rings (SSSR count). The van der Waals surface area contributed by atoms with Gasteiger partial charge in [-0.3, -0.25) is 4.57 Å². The van der Waals surface area contributed by atoms with Crippen molar-refractivity contribution in [3.63, 3.8) is 0 Å². The molecule has 9 nitrogen and oxygen atoms in total. The van der Waals surface area contributed by atoms with E-state index >= 15 is 4.39 Å². The largest absolute Gasteiger partial charge is 0.496 e. The van der Waals surface area contributed by atoms with Crippen LogP contribution in [0.25, 0.3) is 33.9 Å². The molecule has 1 unspecified atom stereocenters. The van der Waals surface area contributed by atoms with Crippen molar-refractivity contribution in [3.8, 4) is 28.5 Å². The lowest BCUT2D eigenvalue weighted by Crippen LogP contribution is -2.18. The van der Waals surface area contributed by atoms with Crippen LogP contribution in [0, 0.1) is 5.82 Å². The van der Waals surface area contributed by atoms with E-state index in [1.54, 1.807) is 42.7 Å². The first-order valence-electron chi connectivity index (χ1n) is 13.4. The lowest BCUT2D eigenvalue weighted by atomic mass is 10.1. The first kappa shape index (κ1) is 27.6. The molecule has 1 saturated heterocycles. The fourth-order valence-corrected chi connectivity index (χ4v) is 5.03. The highest BCUT2D eigenvalue weighted by Gasteiger charge is 2.34. The van der Waals surface area contributed by atoms with Gasteiger partial charge in [-0.1, -0.05) is 30.3 Å². The maximum atomic E-state index is 15.1. The molecule has 13 heteroatoms. The summed E-state index contributed by atoms with van der Waals surface area (Å²) in [5, 5.41) is 3.28. The summed E-state index contributed by atoms with van der Waals surface area (Å²) in [7, 11) is 2.97. The zero-order valence-electron chi connectivity index (χ0n) is 22.8. The summed E-state index contributed by atoms with van der Waals surface area (Å²) in [6, 6.07) is 11.5. The standard InChI is InChI=1S/C29H27F4N7O2/c1-39-15-21(29(31,32)33)36-27(39)18-11-9-17(10-12-18)14-34-26-24-28(40(16-35-24)22-8-3-4-13-42-22)38-25(37-26)23-19(30)6-5-7-20(23)41-2/h5-7,9-12,15-16,22H,3-4,8,13-14H2,1-2H3,(H,34,37,38). The zero-order chi connectivity index (χ0) is 29.4. The van der Waals surface area contributed by atoms with E-state index < -0.39 is 17.7 Å². The number of halogens is 4. The molecule has 0 spiro atoms. The molecule has 2 aromatic carbocycles. The Labute approximate surface area is 238 Å². The molecule has 42 heavy (non-hydrogen) atoms. The van der Waals surface area contributed by atoms with E-state index in [1.807, 2.05) is 4.57 Å². The van der Waals surface area contributed by atoms with Crippen molar-refractivity contribution in [2.24, 2.45) is 7.05 Å². The van der Waals surface area contributed by atoms with Crippen LogP contribution in [-0.4, -0.2) is 42.8 Å². The molecule has 1 N–H and O–H groups in total. The molecule has 1 fully saturated rings. The number of imidazole rings is 2. The maximum Gasteiger partial charge on any atom is 0.434 e. The zero-order valence-corrected chi connectivity index (χ0v) is 22.8. The highest BCUT2D eigenvalue weighted by atomic mass is 19.4. The number of methoxy groups -OCH3 is 1. The van der Waals surface area contributed by atoms with Crippen LogP contribution in [0.2, 0.25) is 0 Å². The van der Waals surface area contributed by atoms with Crippen molar-refractivity contribution in [1.29, 1.82) is 0 Å². The molecule has 218 valence electrons. The van der Waals surface area contributed by atoms with Gasteiger partial charge in [-0.25, -0.2) is 24.3 Å². The SMILES string of the molecule is COc1cccc(F)c1-c1nc(NCc2ccc(-c3nc(C(F)(F)F)cn3C)cc2)c2ncn(C3CCCCO3)c2n1. The second-order valence-electron chi connectivity index (χ2n) is 9.97. The van der Waals surface area contributed by atoms with Crippen LogP contribution in [0.5, 0.6) is 5.75 Å². The molecule has 0 aliphatic carbocycles. The highest BCUT2D eigenvalue weighted by Crippen LogP contribution is 2.35. The third kappa shape index (κ3) is 5.27. The first-order valence-corrected chi connectivity index (χ1v) is 13.4. The third-order valence-electron chi connectivity index (χ3n) is 7.15. The number of benzene rings is 2. The van der Waals surface area contributed by atoms with Gasteiger partial charge in [0.05, 0.1) is 19.0 Å². The van der Waals surface area contributed by atoms with Crippen LogP contribution >= 0.6 is 0 Å². The molecule has 5 aromatic rings. The van der Waals surface area contributed by atoms with Crippen molar-refractivity contribution >= 4 is 17.0 Å². The Hall–Kier alpha value is -4.52. The van der Waals surface area contributed by atoms with Crippen LogP contribution in [-0.2, 0) is 24.5 Å². The van der Waals surface area contributed by atoms with Gasteiger partial charge in [0.2, 0.25) is 0 Å². The topological polar surface area (TPSA) is 91.9 Å². The molecule has 1 aliphatic heterocycles. The molecule has 0 bridgehead atoms. The molecular formula is C29H27F4N7O2. The van der Waals surface area contributed by atoms with E-state index in [9.17, 15) is 13.2 Å². The predicted molar refractivity (Wildman–Crippen MR) is 147 cm³/mol. The summed E-state index contributed by atoms with van der Waals surface area (Å²) in [5.74, 6) is 0.483. The van der Waals surface area contributed by atoms with E-state index in [0.717, 1.165) is 31.0 Å². The van der Waals surface area contributed by atoms with Crippen LogP contribution in [0.4, 0.5) is 23.4 Å². The predicted octanol–water partition coefficient (Wildman–Crippen LogP) is 6.37. The number of fused-ring (bicyclic) bond motifs is 1. The summed E-state index contributed by atoms with van der Waals surface area (Å²) in [4.78, 5) is 17.6. The normalized spacial score (nSPS) is 15.7. The smallest absolute Gasteiger partial charge is 0.434 e. The second-order valence-corrected chi connectivity index (χ2v) is 9.97. The number of aryl methyl sites for hydroxylation is 1. The van der Waals surface area contributed by atoms with Crippen LogP contribution in [0.3, 0.4) is 0 Å². The van der Waals surface area contributed by atoms with Gasteiger partial charge in [0, 0.05) is 32.0 Å². The Morgan fingerprint density at radius 1 is 1.07 bits per heavy atom. The quantitative estimate of drug-likeness (QED) is 0.223. The monoisotopic (exact) mass is 581 g/mol. The number of alkyl halides is 3. The van der Waals surface area contributed by atoms with Gasteiger partial charge < -0.3 is 19.4 Å². The number of rotatable bonds is 7. The molecule has 3 aromatic heterocycles. The van der Waals surface area contributed by atoms with Crippen LogP contribution < -0.4 is 10.1 Å². The van der Waals surface area contributed by atoms with E-state index in [0.29, 0.717) is 41.4 Å². The van der Waals surface area contributed by atoms with Gasteiger partial charge >= 0.3 is 6.18 Å². The van der Waals surface area contributed by atoms with Crippen molar-refractivity contribution in [3.05, 3.63) is 72.1 Å². The molecule has 0 saturated carbocycles. The minimum atomic E-state index is -4.52. The second kappa shape index (κ2) is 11.0. The van der Waals surface area contributed by atoms with E-state index in [-0.39, 0.29) is 23.4 Å². The van der Waals surface area contributed by atoms with E-state index in [2.05, 4.69) is 20.3 Å². The van der Waals surface area contributed by atoms with Crippen molar-refractivity contribution in [2.45, 2.75) is 38.2 Å². The number of hydrogen-bond donors (Lipinski definition) is 1. The fourth-order valence-electron chi connectivity index (χ4n) is 5.03. The number of nitrogens with one attached hydrogen (secondary N) is 1. The molecule has 0 radical (unpaired) electrons. The molecule has 1 aliphatic rings. The average Bonchev–Trinajstić information content (AvgIpc) is 3.60. The van der Waals surface area contributed by atoms with Crippen molar-refractivity contribution in [1.82, 2.24) is 29.1 Å². The molecule has 1 atom stereocenters. The van der Waals surface area contributed by atoms with Crippen LogP contribution in [0.15, 0.2) is 55.0 Å². The molecule has 4 heterocycles.